The number of nitrogens with one attached hydrogen (secondary N) is 1. The fraction of sp³-hybridized carbons (Fsp3) is 0.607. The summed E-state index contributed by atoms with van der Waals surface area (Å²) in [6.45, 7) is 3.19. The van der Waals surface area contributed by atoms with Crippen LogP contribution >= 0.6 is 0 Å². The summed E-state index contributed by atoms with van der Waals surface area (Å²) in [4.78, 5) is 26.8. The standard InChI is InChI=1S/C28H35F2N5O3S/c1-19-15-22(32-24(31-19)17-34-13-11-28(29,30)12-14-34)25(36)35-18-27(9-7-26(5-6-26)8-10-27)21-16-20(3-4-23(21)35)33-39(2,37)38/h3-4,15-16,33H,5-14,17-18H2,1-2H3. The quantitative estimate of drug-likeness (QED) is 0.574. The highest BCUT2D eigenvalue weighted by molar-refractivity contribution is 7.92. The maximum Gasteiger partial charge on any atom is 0.277 e. The number of likely N-dealkylation sites (tertiary alicyclic amines) is 1. The molecule has 1 N–H and O–H groups in total. The molecule has 0 radical (unpaired) electrons. The molecule has 0 bridgehead atoms. The zero-order valence-corrected chi connectivity index (χ0v) is 23.3. The van der Waals surface area contributed by atoms with E-state index in [0.29, 0.717) is 35.7 Å². The molecule has 8 nitrogen and oxygen atoms in total. The highest BCUT2D eigenvalue weighted by Crippen LogP contribution is 2.62. The van der Waals surface area contributed by atoms with Crippen molar-refractivity contribution < 1.29 is 22.0 Å². The molecule has 1 saturated heterocycles. The van der Waals surface area contributed by atoms with Crippen LogP contribution in [0, 0.1) is 12.3 Å². The van der Waals surface area contributed by atoms with Crippen LogP contribution < -0.4 is 9.62 Å². The zero-order valence-electron chi connectivity index (χ0n) is 22.5. The van der Waals surface area contributed by atoms with Crippen molar-refractivity contribution in [3.63, 3.8) is 0 Å². The number of hydrogen-bond donors (Lipinski definition) is 1. The lowest BCUT2D eigenvalue weighted by Crippen LogP contribution is -2.40. The Labute approximate surface area is 228 Å². The first kappa shape index (κ1) is 26.6. The van der Waals surface area contributed by atoms with Crippen LogP contribution in [0.1, 0.15) is 78.9 Å². The van der Waals surface area contributed by atoms with Crippen LogP contribution in [0.2, 0.25) is 0 Å². The van der Waals surface area contributed by atoms with E-state index < -0.39 is 15.9 Å². The van der Waals surface area contributed by atoms with Crippen LogP contribution in [-0.4, -0.2) is 61.0 Å². The Kier molecular flexibility index (Phi) is 6.26. The number of aryl methyl sites for hydroxylation is 1. The Hall–Kier alpha value is -2.66. The van der Waals surface area contributed by atoms with Crippen molar-refractivity contribution in [1.29, 1.82) is 0 Å². The molecule has 4 aliphatic rings. The smallest absolute Gasteiger partial charge is 0.277 e. The molecular weight excluding hydrogens is 524 g/mol. The summed E-state index contributed by atoms with van der Waals surface area (Å²) in [5.41, 5.74) is 3.49. The Morgan fingerprint density at radius 2 is 1.67 bits per heavy atom. The second-order valence-electron chi connectivity index (χ2n) is 12.2. The number of benzene rings is 1. The van der Waals surface area contributed by atoms with Gasteiger partial charge in [0.1, 0.15) is 11.5 Å². The fourth-order valence-electron chi connectivity index (χ4n) is 6.68. The molecule has 0 atom stereocenters. The second-order valence-corrected chi connectivity index (χ2v) is 14.0. The molecular formula is C28H35F2N5O3S. The maximum absolute atomic E-state index is 14.0. The van der Waals surface area contributed by atoms with E-state index in [1.165, 1.54) is 12.8 Å². The lowest BCUT2D eigenvalue weighted by atomic mass is 9.66. The molecule has 11 heteroatoms. The summed E-state index contributed by atoms with van der Waals surface area (Å²) in [6.07, 6.45) is 7.45. The number of carbonyl (C=O) groups is 1. The van der Waals surface area contributed by atoms with Crippen molar-refractivity contribution in [1.82, 2.24) is 14.9 Å². The van der Waals surface area contributed by atoms with E-state index in [2.05, 4.69) is 14.7 Å². The monoisotopic (exact) mass is 559 g/mol. The molecule has 2 aliphatic carbocycles. The normalized spacial score (nSPS) is 23.1. The molecule has 1 aromatic heterocycles. The number of aromatic nitrogens is 2. The van der Waals surface area contributed by atoms with Crippen LogP contribution in [-0.2, 0) is 22.0 Å². The van der Waals surface area contributed by atoms with Gasteiger partial charge in [-0.2, -0.15) is 0 Å². The van der Waals surface area contributed by atoms with Gasteiger partial charge in [0.15, 0.2) is 0 Å². The van der Waals surface area contributed by atoms with Gasteiger partial charge in [-0.1, -0.05) is 0 Å². The predicted octanol–water partition coefficient (Wildman–Crippen LogP) is 4.64. The third-order valence-electron chi connectivity index (χ3n) is 9.17. The van der Waals surface area contributed by atoms with Crippen LogP contribution in [0.3, 0.4) is 0 Å². The number of sulfonamides is 1. The van der Waals surface area contributed by atoms with E-state index in [0.717, 1.165) is 43.2 Å². The minimum Gasteiger partial charge on any atom is -0.306 e. The van der Waals surface area contributed by atoms with Gasteiger partial charge in [0.05, 0.1) is 12.8 Å². The van der Waals surface area contributed by atoms with Gasteiger partial charge in [-0.15, -0.1) is 0 Å². The van der Waals surface area contributed by atoms with Gasteiger partial charge in [-0.05, 0) is 80.7 Å². The van der Waals surface area contributed by atoms with Crippen LogP contribution in [0.5, 0.6) is 0 Å². The lowest BCUT2D eigenvalue weighted by molar-refractivity contribution is -0.0570. The van der Waals surface area contributed by atoms with Gasteiger partial charge < -0.3 is 4.90 Å². The minimum atomic E-state index is -3.44. The second kappa shape index (κ2) is 9.19. The number of anilines is 2. The molecule has 1 aromatic carbocycles. The molecule has 2 spiro atoms. The average Bonchev–Trinajstić information content (AvgIpc) is 3.56. The number of hydrogen-bond acceptors (Lipinski definition) is 6. The Morgan fingerprint density at radius 1 is 1.00 bits per heavy atom. The first-order chi connectivity index (χ1) is 18.3. The van der Waals surface area contributed by atoms with Crippen LogP contribution in [0.25, 0.3) is 0 Å². The number of amides is 1. The fourth-order valence-corrected chi connectivity index (χ4v) is 7.23. The molecule has 3 fully saturated rings. The van der Waals surface area contributed by atoms with Gasteiger partial charge in [-0.25, -0.2) is 27.2 Å². The molecule has 210 valence electrons. The summed E-state index contributed by atoms with van der Waals surface area (Å²) in [6, 6.07) is 7.12. The lowest BCUT2D eigenvalue weighted by Gasteiger charge is -2.38. The highest BCUT2D eigenvalue weighted by atomic mass is 32.2. The van der Waals surface area contributed by atoms with E-state index >= 15 is 0 Å². The number of nitrogens with zero attached hydrogens (tertiary/aromatic N) is 4. The Morgan fingerprint density at radius 3 is 2.31 bits per heavy atom. The van der Waals surface area contributed by atoms with E-state index in [1.54, 1.807) is 17.0 Å². The number of piperidine rings is 1. The van der Waals surface area contributed by atoms with Crippen molar-refractivity contribution in [2.24, 2.45) is 5.41 Å². The minimum absolute atomic E-state index is 0.186. The summed E-state index contributed by atoms with van der Waals surface area (Å²) < 4.78 is 53.7. The van der Waals surface area contributed by atoms with E-state index in [4.69, 9.17) is 0 Å². The molecule has 2 saturated carbocycles. The number of fused-ring (bicyclic) bond motifs is 2. The predicted molar refractivity (Wildman–Crippen MR) is 145 cm³/mol. The number of alkyl halides is 2. The molecule has 2 aliphatic heterocycles. The number of halogens is 2. The van der Waals surface area contributed by atoms with Crippen LogP contribution in [0.15, 0.2) is 24.3 Å². The largest absolute Gasteiger partial charge is 0.306 e. The molecule has 3 heterocycles. The molecule has 0 unspecified atom stereocenters. The SMILES string of the molecule is Cc1cc(C(=O)N2CC3(CCC4(CC4)CC3)c3cc(NS(C)(=O)=O)ccc32)nc(CN2CCC(F)(F)CC2)n1. The molecule has 1 amide bonds. The summed E-state index contributed by atoms with van der Waals surface area (Å²) in [5, 5.41) is 0. The van der Waals surface area contributed by atoms with Gasteiger partial charge in [0.25, 0.3) is 11.8 Å². The Balaban J connectivity index is 1.29. The van der Waals surface area contributed by atoms with Crippen molar-refractivity contribution >= 4 is 27.3 Å². The van der Waals surface area contributed by atoms with Gasteiger partial charge in [0.2, 0.25) is 10.0 Å². The van der Waals surface area contributed by atoms with Crippen molar-refractivity contribution in [2.45, 2.75) is 76.2 Å². The van der Waals surface area contributed by atoms with Crippen molar-refractivity contribution in [2.75, 3.05) is 35.5 Å². The third-order valence-corrected chi connectivity index (χ3v) is 9.77. The summed E-state index contributed by atoms with van der Waals surface area (Å²) >= 11 is 0. The molecule has 6 rings (SSSR count). The van der Waals surface area contributed by atoms with E-state index in [-0.39, 0.29) is 42.9 Å². The Bertz CT molecular complexity index is 1410. The molecule has 2 aromatic rings. The average molecular weight is 560 g/mol. The van der Waals surface area contributed by atoms with Gasteiger partial charge >= 0.3 is 0 Å². The third kappa shape index (κ3) is 5.39. The topological polar surface area (TPSA) is 95.5 Å². The van der Waals surface area contributed by atoms with Gasteiger partial charge in [0, 0.05) is 55.0 Å². The summed E-state index contributed by atoms with van der Waals surface area (Å²) in [7, 11) is -3.44. The summed E-state index contributed by atoms with van der Waals surface area (Å²) in [5.74, 6) is -2.39. The van der Waals surface area contributed by atoms with E-state index in [9.17, 15) is 22.0 Å². The maximum atomic E-state index is 14.0. The number of carbonyl (C=O) groups excluding carboxylic acids is 1. The molecule has 39 heavy (non-hydrogen) atoms. The van der Waals surface area contributed by atoms with Crippen molar-refractivity contribution in [3.8, 4) is 0 Å². The first-order valence-electron chi connectivity index (χ1n) is 13.7. The van der Waals surface area contributed by atoms with Gasteiger partial charge in [-0.3, -0.25) is 14.4 Å². The van der Waals surface area contributed by atoms with Crippen LogP contribution in [0.4, 0.5) is 20.2 Å². The van der Waals surface area contributed by atoms with Crippen molar-refractivity contribution in [3.05, 3.63) is 47.0 Å². The first-order valence-corrected chi connectivity index (χ1v) is 15.6. The number of rotatable bonds is 5. The van der Waals surface area contributed by atoms with E-state index in [1.807, 2.05) is 24.0 Å². The highest BCUT2D eigenvalue weighted by Gasteiger charge is 2.53. The zero-order chi connectivity index (χ0) is 27.6.